The maximum absolute atomic E-state index is 13.7. The molecule has 0 saturated carbocycles. The quantitative estimate of drug-likeness (QED) is 0.522. The van der Waals surface area contributed by atoms with Gasteiger partial charge in [0.1, 0.15) is 11.4 Å². The van der Waals surface area contributed by atoms with E-state index in [1.807, 2.05) is 36.4 Å². The zero-order chi connectivity index (χ0) is 24.2. The van der Waals surface area contributed by atoms with Gasteiger partial charge in [0, 0.05) is 37.9 Å². The number of anilines is 1. The number of ether oxygens (including phenoxy) is 1. The van der Waals surface area contributed by atoms with E-state index < -0.39 is 0 Å². The highest BCUT2D eigenvalue weighted by atomic mass is 16.5. The Kier molecular flexibility index (Phi) is 6.75. The Morgan fingerprint density at radius 1 is 1.03 bits per heavy atom. The molecule has 1 aromatic heterocycles. The highest BCUT2D eigenvalue weighted by Gasteiger charge is 2.32. The van der Waals surface area contributed by atoms with E-state index in [4.69, 9.17) is 9.72 Å². The van der Waals surface area contributed by atoms with Crippen LogP contribution in [0.5, 0.6) is 0 Å². The van der Waals surface area contributed by atoms with E-state index in [1.54, 1.807) is 18.0 Å². The van der Waals surface area contributed by atoms with Gasteiger partial charge in [-0.3, -0.25) is 9.59 Å². The number of carbonyl (C=O) groups is 2. The van der Waals surface area contributed by atoms with Gasteiger partial charge in [-0.2, -0.15) is 0 Å². The standard InChI is InChI=1S/C28H30N4O3/c1-2-35-28(34)23-13-8-15-32(19-23)27(33)24-17-29-25(21-10-4-3-5-11-21)30-26(24)31-16-14-20-9-6-7-12-22(20)18-31/h3-7,9-12,17,23H,2,8,13-16,18-19H2,1H3. The first-order valence-electron chi connectivity index (χ1n) is 12.3. The molecule has 1 fully saturated rings. The van der Waals surface area contributed by atoms with Crippen molar-refractivity contribution in [2.45, 2.75) is 32.7 Å². The first kappa shape index (κ1) is 23.0. The van der Waals surface area contributed by atoms with Crippen LogP contribution in [0.1, 0.15) is 41.3 Å². The van der Waals surface area contributed by atoms with Gasteiger partial charge in [-0.25, -0.2) is 9.97 Å². The largest absolute Gasteiger partial charge is 0.466 e. The second kappa shape index (κ2) is 10.3. The number of aromatic nitrogens is 2. The van der Waals surface area contributed by atoms with Crippen LogP contribution in [0.2, 0.25) is 0 Å². The smallest absolute Gasteiger partial charge is 0.310 e. The van der Waals surface area contributed by atoms with Crippen LogP contribution in [0, 0.1) is 5.92 Å². The van der Waals surface area contributed by atoms with Crippen molar-refractivity contribution in [1.82, 2.24) is 14.9 Å². The molecule has 0 bridgehead atoms. The predicted molar refractivity (Wildman–Crippen MR) is 134 cm³/mol. The topological polar surface area (TPSA) is 75.6 Å². The maximum atomic E-state index is 13.7. The number of amides is 1. The van der Waals surface area contributed by atoms with E-state index in [9.17, 15) is 9.59 Å². The average Bonchev–Trinajstić information content (AvgIpc) is 2.93. The molecule has 35 heavy (non-hydrogen) atoms. The number of benzene rings is 2. The van der Waals surface area contributed by atoms with Crippen LogP contribution < -0.4 is 4.90 Å². The Bertz CT molecular complexity index is 1210. The van der Waals surface area contributed by atoms with Gasteiger partial charge in [-0.15, -0.1) is 0 Å². The van der Waals surface area contributed by atoms with Gasteiger partial charge in [0.25, 0.3) is 5.91 Å². The Hall–Kier alpha value is -3.74. The molecule has 2 aromatic carbocycles. The molecule has 1 atom stereocenters. The van der Waals surface area contributed by atoms with Gasteiger partial charge in [-0.1, -0.05) is 54.6 Å². The van der Waals surface area contributed by atoms with Crippen molar-refractivity contribution in [1.29, 1.82) is 0 Å². The zero-order valence-corrected chi connectivity index (χ0v) is 20.0. The number of carbonyl (C=O) groups excluding carboxylic acids is 2. The molecular weight excluding hydrogens is 440 g/mol. The minimum absolute atomic E-state index is 0.132. The third-order valence-corrected chi connectivity index (χ3v) is 6.79. The van der Waals surface area contributed by atoms with Gasteiger partial charge in [0.05, 0.1) is 12.5 Å². The summed E-state index contributed by atoms with van der Waals surface area (Å²) in [5.74, 6) is 0.596. The molecule has 1 amide bonds. The summed E-state index contributed by atoms with van der Waals surface area (Å²) in [6, 6.07) is 18.2. The lowest BCUT2D eigenvalue weighted by molar-refractivity contribution is -0.149. The highest BCUT2D eigenvalue weighted by molar-refractivity contribution is 5.99. The van der Waals surface area contributed by atoms with Crippen molar-refractivity contribution in [2.75, 3.05) is 31.1 Å². The SMILES string of the molecule is CCOC(=O)C1CCCN(C(=O)c2cnc(-c3ccccc3)nc2N2CCc3ccccc3C2)C1. The molecule has 7 nitrogen and oxygen atoms in total. The lowest BCUT2D eigenvalue weighted by Gasteiger charge is -2.34. The van der Waals surface area contributed by atoms with Gasteiger partial charge >= 0.3 is 5.97 Å². The molecule has 1 saturated heterocycles. The van der Waals surface area contributed by atoms with Crippen LogP contribution in [0.25, 0.3) is 11.4 Å². The summed E-state index contributed by atoms with van der Waals surface area (Å²) in [4.78, 5) is 39.5. The van der Waals surface area contributed by atoms with Crippen LogP contribution in [0.3, 0.4) is 0 Å². The zero-order valence-electron chi connectivity index (χ0n) is 20.0. The number of hydrogen-bond acceptors (Lipinski definition) is 6. The second-order valence-electron chi connectivity index (χ2n) is 9.08. The third-order valence-electron chi connectivity index (χ3n) is 6.79. The third kappa shape index (κ3) is 4.90. The summed E-state index contributed by atoms with van der Waals surface area (Å²) >= 11 is 0. The Morgan fingerprint density at radius 3 is 2.60 bits per heavy atom. The lowest BCUT2D eigenvalue weighted by atomic mass is 9.97. The number of nitrogens with zero attached hydrogens (tertiary/aromatic N) is 4. The average molecular weight is 471 g/mol. The fraction of sp³-hybridized carbons (Fsp3) is 0.357. The summed E-state index contributed by atoms with van der Waals surface area (Å²) in [7, 11) is 0. The Labute approximate surface area is 205 Å². The fourth-order valence-electron chi connectivity index (χ4n) is 4.95. The van der Waals surface area contributed by atoms with Crippen LogP contribution >= 0.6 is 0 Å². The first-order chi connectivity index (χ1) is 17.1. The van der Waals surface area contributed by atoms with E-state index in [1.165, 1.54) is 11.1 Å². The molecule has 7 heteroatoms. The van der Waals surface area contributed by atoms with Gasteiger partial charge in [0.15, 0.2) is 5.82 Å². The molecule has 1 unspecified atom stereocenters. The number of esters is 1. The monoisotopic (exact) mass is 470 g/mol. The first-order valence-corrected chi connectivity index (χ1v) is 12.3. The van der Waals surface area contributed by atoms with Crippen molar-refractivity contribution < 1.29 is 14.3 Å². The molecule has 2 aliphatic heterocycles. The molecule has 0 radical (unpaired) electrons. The predicted octanol–water partition coefficient (Wildman–Crippen LogP) is 4.12. The molecule has 0 spiro atoms. The molecule has 0 aliphatic carbocycles. The van der Waals surface area contributed by atoms with Crippen LogP contribution in [-0.2, 0) is 22.5 Å². The van der Waals surface area contributed by atoms with E-state index in [-0.39, 0.29) is 17.8 Å². The second-order valence-corrected chi connectivity index (χ2v) is 9.08. The Morgan fingerprint density at radius 2 is 1.80 bits per heavy atom. The van der Waals surface area contributed by atoms with Gasteiger partial charge < -0.3 is 14.5 Å². The summed E-state index contributed by atoms with van der Waals surface area (Å²) in [6.07, 6.45) is 4.05. The minimum Gasteiger partial charge on any atom is -0.466 e. The van der Waals surface area contributed by atoms with Crippen molar-refractivity contribution in [2.24, 2.45) is 5.92 Å². The van der Waals surface area contributed by atoms with E-state index in [0.29, 0.717) is 43.4 Å². The molecule has 3 heterocycles. The fourth-order valence-corrected chi connectivity index (χ4v) is 4.95. The molecule has 0 N–H and O–H groups in total. The summed E-state index contributed by atoms with van der Waals surface area (Å²) in [6.45, 7) is 4.58. The van der Waals surface area contributed by atoms with E-state index in [0.717, 1.165) is 31.4 Å². The van der Waals surface area contributed by atoms with Crippen molar-refractivity contribution >= 4 is 17.7 Å². The molecule has 3 aromatic rings. The van der Waals surface area contributed by atoms with E-state index in [2.05, 4.69) is 28.1 Å². The summed E-state index contributed by atoms with van der Waals surface area (Å²) < 4.78 is 5.22. The number of hydrogen-bond donors (Lipinski definition) is 0. The normalized spacial score (nSPS) is 17.6. The minimum atomic E-state index is -0.289. The summed E-state index contributed by atoms with van der Waals surface area (Å²) in [5, 5.41) is 0. The van der Waals surface area contributed by atoms with Crippen LogP contribution in [-0.4, -0.2) is 53.0 Å². The Balaban J connectivity index is 1.48. The van der Waals surface area contributed by atoms with E-state index >= 15 is 0 Å². The van der Waals surface area contributed by atoms with Crippen molar-refractivity contribution in [3.8, 4) is 11.4 Å². The highest BCUT2D eigenvalue weighted by Crippen LogP contribution is 2.30. The molecule has 2 aliphatic rings. The lowest BCUT2D eigenvalue weighted by Crippen LogP contribution is -2.43. The van der Waals surface area contributed by atoms with Crippen molar-refractivity contribution in [3.05, 3.63) is 77.5 Å². The number of fused-ring (bicyclic) bond motifs is 1. The van der Waals surface area contributed by atoms with Gasteiger partial charge in [0.2, 0.25) is 0 Å². The number of likely N-dealkylation sites (tertiary alicyclic amines) is 1. The van der Waals surface area contributed by atoms with Crippen molar-refractivity contribution in [3.63, 3.8) is 0 Å². The van der Waals surface area contributed by atoms with Crippen LogP contribution in [0.15, 0.2) is 60.8 Å². The van der Waals surface area contributed by atoms with Gasteiger partial charge in [-0.05, 0) is 37.3 Å². The molecular formula is C28H30N4O3. The van der Waals surface area contributed by atoms with Crippen LogP contribution in [0.4, 0.5) is 5.82 Å². The number of rotatable bonds is 5. The number of piperidine rings is 1. The maximum Gasteiger partial charge on any atom is 0.310 e. The molecule has 5 rings (SSSR count). The summed E-state index contributed by atoms with van der Waals surface area (Å²) in [5.41, 5.74) is 3.97. The molecule has 180 valence electrons.